The first kappa shape index (κ1) is 12.0. The van der Waals surface area contributed by atoms with Gasteiger partial charge >= 0.3 is 0 Å². The zero-order valence-corrected chi connectivity index (χ0v) is 10.8. The number of nitrogens with two attached hydrogens (primary N) is 1. The van der Waals surface area contributed by atoms with E-state index in [4.69, 9.17) is 5.73 Å². The number of aromatic nitrogens is 2. The molecule has 0 aromatic carbocycles. The minimum atomic E-state index is 0.687. The molecule has 2 N–H and O–H groups in total. The highest BCUT2D eigenvalue weighted by Crippen LogP contribution is 2.30. The van der Waals surface area contributed by atoms with Crippen LogP contribution in [0.25, 0.3) is 0 Å². The van der Waals surface area contributed by atoms with Gasteiger partial charge in [0.15, 0.2) is 11.6 Å². The molecule has 94 valence electrons. The van der Waals surface area contributed by atoms with Crippen molar-refractivity contribution in [2.24, 2.45) is 5.92 Å². The van der Waals surface area contributed by atoms with Crippen molar-refractivity contribution in [3.63, 3.8) is 0 Å². The van der Waals surface area contributed by atoms with E-state index in [0.717, 1.165) is 30.6 Å². The van der Waals surface area contributed by atoms with Crippen LogP contribution in [0.1, 0.15) is 19.8 Å². The third-order valence-electron chi connectivity index (χ3n) is 3.35. The van der Waals surface area contributed by atoms with E-state index in [1.165, 1.54) is 12.8 Å². The van der Waals surface area contributed by atoms with E-state index in [0.29, 0.717) is 5.69 Å². The van der Waals surface area contributed by atoms with Gasteiger partial charge in [0, 0.05) is 27.2 Å². The maximum atomic E-state index is 6.14. The van der Waals surface area contributed by atoms with Gasteiger partial charge in [0.2, 0.25) is 0 Å². The molecule has 1 aliphatic heterocycles. The van der Waals surface area contributed by atoms with Gasteiger partial charge in [-0.05, 0) is 18.8 Å². The van der Waals surface area contributed by atoms with Gasteiger partial charge in [0.25, 0.3) is 0 Å². The summed E-state index contributed by atoms with van der Waals surface area (Å²) in [5.74, 6) is 2.49. The quantitative estimate of drug-likeness (QED) is 0.838. The number of piperidine rings is 1. The van der Waals surface area contributed by atoms with Crippen molar-refractivity contribution in [1.82, 2.24) is 9.97 Å². The van der Waals surface area contributed by atoms with Gasteiger partial charge < -0.3 is 15.5 Å². The van der Waals surface area contributed by atoms with E-state index in [9.17, 15) is 0 Å². The van der Waals surface area contributed by atoms with Crippen LogP contribution in [0, 0.1) is 5.92 Å². The van der Waals surface area contributed by atoms with Crippen molar-refractivity contribution >= 4 is 17.3 Å². The summed E-state index contributed by atoms with van der Waals surface area (Å²) >= 11 is 0. The van der Waals surface area contributed by atoms with Crippen molar-refractivity contribution in [2.45, 2.75) is 19.8 Å². The zero-order chi connectivity index (χ0) is 12.4. The van der Waals surface area contributed by atoms with Gasteiger partial charge in [0.05, 0.1) is 0 Å². The van der Waals surface area contributed by atoms with E-state index < -0.39 is 0 Å². The van der Waals surface area contributed by atoms with Crippen LogP contribution in [-0.4, -0.2) is 37.2 Å². The molecule has 17 heavy (non-hydrogen) atoms. The number of nitrogen functional groups attached to an aromatic ring is 1. The minimum absolute atomic E-state index is 0.687. The minimum Gasteiger partial charge on any atom is -0.393 e. The van der Waals surface area contributed by atoms with Crippen molar-refractivity contribution < 1.29 is 0 Å². The largest absolute Gasteiger partial charge is 0.393 e. The summed E-state index contributed by atoms with van der Waals surface area (Å²) in [5.41, 5.74) is 6.83. The van der Waals surface area contributed by atoms with E-state index in [1.807, 2.05) is 19.0 Å². The Kier molecular flexibility index (Phi) is 3.36. The van der Waals surface area contributed by atoms with Crippen LogP contribution in [0.15, 0.2) is 6.33 Å². The molecule has 0 radical (unpaired) electrons. The Bertz CT molecular complexity index is 382. The first-order valence-electron chi connectivity index (χ1n) is 6.12. The van der Waals surface area contributed by atoms with E-state index in [2.05, 4.69) is 21.8 Å². The van der Waals surface area contributed by atoms with Crippen molar-refractivity contribution in [2.75, 3.05) is 42.7 Å². The fourth-order valence-electron chi connectivity index (χ4n) is 2.21. The molecule has 5 nitrogen and oxygen atoms in total. The number of nitrogens with zero attached hydrogens (tertiary/aromatic N) is 4. The first-order chi connectivity index (χ1) is 8.09. The standard InChI is InChI=1S/C12H21N5/c1-9-4-6-17(7-5-9)12-10(13)11(16(2)3)14-8-15-12/h8-9H,4-7,13H2,1-3H3. The number of hydrogen-bond acceptors (Lipinski definition) is 5. The summed E-state index contributed by atoms with van der Waals surface area (Å²) in [5, 5.41) is 0. The molecule has 1 aromatic heterocycles. The average molecular weight is 235 g/mol. The maximum absolute atomic E-state index is 6.14. The molecule has 1 aliphatic rings. The third-order valence-corrected chi connectivity index (χ3v) is 3.35. The highest BCUT2D eigenvalue weighted by atomic mass is 15.2. The van der Waals surface area contributed by atoms with Crippen LogP contribution in [0.5, 0.6) is 0 Å². The highest BCUT2D eigenvalue weighted by molar-refractivity contribution is 5.75. The summed E-state index contributed by atoms with van der Waals surface area (Å²) in [4.78, 5) is 12.7. The Labute approximate surface area is 103 Å². The molecular formula is C12H21N5. The van der Waals surface area contributed by atoms with Crippen molar-refractivity contribution in [3.8, 4) is 0 Å². The molecule has 0 spiro atoms. The van der Waals surface area contributed by atoms with Crippen molar-refractivity contribution in [3.05, 3.63) is 6.33 Å². The molecular weight excluding hydrogens is 214 g/mol. The Hall–Kier alpha value is -1.52. The number of hydrogen-bond donors (Lipinski definition) is 1. The SMILES string of the molecule is CC1CCN(c2ncnc(N(C)C)c2N)CC1. The zero-order valence-electron chi connectivity index (χ0n) is 10.8. The number of anilines is 3. The lowest BCUT2D eigenvalue weighted by molar-refractivity contribution is 0.437. The highest BCUT2D eigenvalue weighted by Gasteiger charge is 2.20. The molecule has 0 amide bonds. The molecule has 0 saturated carbocycles. The summed E-state index contributed by atoms with van der Waals surface area (Å²) in [6.07, 6.45) is 4.01. The summed E-state index contributed by atoms with van der Waals surface area (Å²) in [6, 6.07) is 0. The van der Waals surface area contributed by atoms with Crippen LogP contribution in [-0.2, 0) is 0 Å². The lowest BCUT2D eigenvalue weighted by atomic mass is 9.99. The third kappa shape index (κ3) is 2.43. The Morgan fingerprint density at radius 2 is 1.94 bits per heavy atom. The Balaban J connectivity index is 2.24. The van der Waals surface area contributed by atoms with Crippen LogP contribution >= 0.6 is 0 Å². The van der Waals surface area contributed by atoms with Crippen LogP contribution in [0.4, 0.5) is 17.3 Å². The maximum Gasteiger partial charge on any atom is 0.157 e. The van der Waals surface area contributed by atoms with Gasteiger partial charge in [-0.15, -0.1) is 0 Å². The van der Waals surface area contributed by atoms with Crippen LogP contribution < -0.4 is 15.5 Å². The summed E-state index contributed by atoms with van der Waals surface area (Å²) in [6.45, 7) is 4.37. The van der Waals surface area contributed by atoms with Gasteiger partial charge in [-0.3, -0.25) is 0 Å². The smallest absolute Gasteiger partial charge is 0.157 e. The van der Waals surface area contributed by atoms with Gasteiger partial charge in [-0.25, -0.2) is 9.97 Å². The average Bonchev–Trinajstić information content (AvgIpc) is 2.30. The molecule has 5 heteroatoms. The van der Waals surface area contributed by atoms with E-state index in [1.54, 1.807) is 6.33 Å². The van der Waals surface area contributed by atoms with Crippen LogP contribution in [0.2, 0.25) is 0 Å². The normalized spacial score (nSPS) is 17.2. The van der Waals surface area contributed by atoms with Gasteiger partial charge in [-0.2, -0.15) is 0 Å². The predicted molar refractivity (Wildman–Crippen MR) is 71.4 cm³/mol. The summed E-state index contributed by atoms with van der Waals surface area (Å²) < 4.78 is 0. The predicted octanol–water partition coefficient (Wildman–Crippen LogP) is 1.36. The second kappa shape index (κ2) is 4.77. The first-order valence-corrected chi connectivity index (χ1v) is 6.12. The lowest BCUT2D eigenvalue weighted by Gasteiger charge is -2.32. The van der Waals surface area contributed by atoms with Gasteiger partial charge in [-0.1, -0.05) is 6.92 Å². The molecule has 0 unspecified atom stereocenters. The molecule has 1 fully saturated rings. The second-order valence-electron chi connectivity index (χ2n) is 5.00. The second-order valence-corrected chi connectivity index (χ2v) is 5.00. The summed E-state index contributed by atoms with van der Waals surface area (Å²) in [7, 11) is 3.89. The molecule has 0 aliphatic carbocycles. The molecule has 1 aromatic rings. The van der Waals surface area contributed by atoms with Crippen molar-refractivity contribution in [1.29, 1.82) is 0 Å². The molecule has 0 atom stereocenters. The molecule has 2 rings (SSSR count). The monoisotopic (exact) mass is 235 g/mol. The van der Waals surface area contributed by atoms with E-state index >= 15 is 0 Å². The fourth-order valence-corrected chi connectivity index (χ4v) is 2.21. The Morgan fingerprint density at radius 1 is 1.29 bits per heavy atom. The molecule has 2 heterocycles. The van der Waals surface area contributed by atoms with Gasteiger partial charge in [0.1, 0.15) is 12.0 Å². The molecule has 0 bridgehead atoms. The van der Waals surface area contributed by atoms with E-state index in [-0.39, 0.29) is 0 Å². The number of rotatable bonds is 2. The van der Waals surface area contributed by atoms with Crippen LogP contribution in [0.3, 0.4) is 0 Å². The Morgan fingerprint density at radius 3 is 2.53 bits per heavy atom. The lowest BCUT2D eigenvalue weighted by Crippen LogP contribution is -2.34. The topological polar surface area (TPSA) is 58.3 Å². The molecule has 1 saturated heterocycles. The fraction of sp³-hybridized carbons (Fsp3) is 0.667.